The Bertz CT molecular complexity index is 262. The summed E-state index contributed by atoms with van der Waals surface area (Å²) in [7, 11) is -3.60. The highest BCUT2D eigenvalue weighted by molar-refractivity contribution is 8.12. The topological polar surface area (TPSA) is 92.4 Å². The molecule has 1 aliphatic rings. The van der Waals surface area contributed by atoms with Gasteiger partial charge in [0.05, 0.1) is 7.11 Å². The molecule has 1 rings (SSSR count). The lowest BCUT2D eigenvalue weighted by molar-refractivity contribution is -0.441. The normalized spacial score (nSPS) is 15.5. The molecule has 0 bridgehead atoms. The molecule has 0 radical (unpaired) electrons. The van der Waals surface area contributed by atoms with E-state index in [1.165, 1.54) is 5.17 Å². The van der Waals surface area contributed by atoms with Gasteiger partial charge in [0.25, 0.3) is 0 Å². The van der Waals surface area contributed by atoms with Gasteiger partial charge in [-0.25, -0.2) is 8.42 Å². The van der Waals surface area contributed by atoms with Gasteiger partial charge in [-0.15, -0.1) is 0 Å². The highest BCUT2D eigenvalue weighted by atomic mass is 32.3. The lowest BCUT2D eigenvalue weighted by Gasteiger charge is -1.98. The van der Waals surface area contributed by atoms with Crippen LogP contribution in [-0.2, 0) is 14.6 Å². The maximum atomic E-state index is 9.22. The Hall–Kier alpha value is -0.310. The lowest BCUT2D eigenvalue weighted by Crippen LogP contribution is -2.69. The van der Waals surface area contributed by atoms with Crippen molar-refractivity contribution in [2.45, 2.75) is 0 Å². The molecule has 2 N–H and O–H groups in total. The average molecular weight is 228 g/mol. The summed E-state index contributed by atoms with van der Waals surface area (Å²) in [4.78, 5) is 3.17. The monoisotopic (exact) mass is 228 g/mol. The standard InChI is InChI=1S/C4H8N2S.CH4O4S/c1-7-4-5-2-3-6-4;1-5-6(2,3)4/h2-3H2,1H3,(H,5,6);1H3,(H,2,3,4). The van der Waals surface area contributed by atoms with Crippen molar-refractivity contribution in [2.75, 3.05) is 26.5 Å². The fourth-order valence-corrected chi connectivity index (χ4v) is 1.05. The van der Waals surface area contributed by atoms with E-state index in [-0.39, 0.29) is 0 Å². The Morgan fingerprint density at radius 1 is 1.69 bits per heavy atom. The third kappa shape index (κ3) is 8.03. The van der Waals surface area contributed by atoms with Crippen LogP contribution in [0.4, 0.5) is 0 Å². The predicted molar refractivity (Wildman–Crippen MR) is 49.1 cm³/mol. The van der Waals surface area contributed by atoms with Gasteiger partial charge >= 0.3 is 5.17 Å². The number of hydrogen-bond acceptors (Lipinski definition) is 6. The van der Waals surface area contributed by atoms with E-state index in [9.17, 15) is 13.0 Å². The zero-order chi connectivity index (χ0) is 10.3. The minimum atomic E-state index is -4.41. The molecule has 0 atom stereocenters. The molecule has 0 aliphatic carbocycles. The van der Waals surface area contributed by atoms with Gasteiger partial charge in [-0.1, -0.05) is 0 Å². The van der Waals surface area contributed by atoms with Crippen molar-refractivity contribution in [1.29, 1.82) is 0 Å². The number of nitrogens with one attached hydrogen (secondary N) is 2. The summed E-state index contributed by atoms with van der Waals surface area (Å²) in [6.07, 6.45) is 2.06. The molecular formula is C5H12N2O4S2. The lowest BCUT2D eigenvalue weighted by atomic mass is 10.7. The highest BCUT2D eigenvalue weighted by Gasteiger charge is 2.07. The molecular weight excluding hydrogens is 216 g/mol. The van der Waals surface area contributed by atoms with Crippen LogP contribution in [0, 0.1) is 0 Å². The smallest absolute Gasteiger partial charge is 0.304 e. The van der Waals surface area contributed by atoms with Gasteiger partial charge in [-0.05, 0) is 18.0 Å². The molecule has 0 saturated carbocycles. The molecule has 0 aromatic carbocycles. The number of amidine groups is 1. The van der Waals surface area contributed by atoms with Crippen LogP contribution in [0.15, 0.2) is 0 Å². The quantitative estimate of drug-likeness (QED) is 0.380. The minimum absolute atomic E-state index is 0.808. The zero-order valence-corrected chi connectivity index (χ0v) is 9.00. The summed E-state index contributed by atoms with van der Waals surface area (Å²) in [6.45, 7) is 2.16. The molecule has 78 valence electrons. The summed E-state index contributed by atoms with van der Waals surface area (Å²) in [6, 6.07) is 0. The molecule has 0 saturated heterocycles. The first-order valence-electron chi connectivity index (χ1n) is 3.39. The van der Waals surface area contributed by atoms with Crippen LogP contribution >= 0.6 is 11.8 Å². The molecule has 0 aromatic rings. The van der Waals surface area contributed by atoms with Gasteiger partial charge in [-0.2, -0.15) is 0 Å². The first kappa shape index (κ1) is 12.7. The molecule has 13 heavy (non-hydrogen) atoms. The first-order valence-corrected chi connectivity index (χ1v) is 5.95. The largest absolute Gasteiger partial charge is 0.726 e. The molecule has 8 heteroatoms. The molecule has 6 nitrogen and oxygen atoms in total. The second-order valence-corrected chi connectivity index (χ2v) is 3.93. The van der Waals surface area contributed by atoms with Crippen molar-refractivity contribution < 1.29 is 22.1 Å². The Balaban J connectivity index is 0.000000226. The summed E-state index contributed by atoms with van der Waals surface area (Å²) in [5.41, 5.74) is 0. The SMILES string of the molecule is COS(=O)(=O)[O-].CSC1=[NH+]CCN1. The number of rotatable bonds is 1. The Labute approximate surface area is 81.7 Å². The summed E-state index contributed by atoms with van der Waals surface area (Å²) < 4.78 is 31.0. The predicted octanol–water partition coefficient (Wildman–Crippen LogP) is -2.52. The van der Waals surface area contributed by atoms with Crippen molar-refractivity contribution >= 4 is 27.3 Å². The van der Waals surface area contributed by atoms with E-state index in [0.717, 1.165) is 20.2 Å². The third-order valence-corrected chi connectivity index (χ3v) is 2.21. The second kappa shape index (κ2) is 6.19. The van der Waals surface area contributed by atoms with Crippen LogP contribution in [0.5, 0.6) is 0 Å². The van der Waals surface area contributed by atoms with Crippen LogP contribution in [-0.4, -0.2) is 44.6 Å². The molecule has 0 amide bonds. The summed E-state index contributed by atoms with van der Waals surface area (Å²) >= 11 is 1.73. The average Bonchev–Trinajstić information content (AvgIpc) is 2.56. The van der Waals surface area contributed by atoms with Crippen LogP contribution < -0.4 is 10.3 Å². The van der Waals surface area contributed by atoms with Gasteiger partial charge in [0.2, 0.25) is 10.4 Å². The molecule has 0 spiro atoms. The van der Waals surface area contributed by atoms with E-state index in [2.05, 4.69) is 20.7 Å². The van der Waals surface area contributed by atoms with E-state index >= 15 is 0 Å². The van der Waals surface area contributed by atoms with Gasteiger partial charge in [0.1, 0.15) is 13.1 Å². The molecule has 0 fully saturated rings. The van der Waals surface area contributed by atoms with Gasteiger partial charge < -0.3 is 4.55 Å². The van der Waals surface area contributed by atoms with Crippen molar-refractivity contribution in [3.8, 4) is 0 Å². The van der Waals surface area contributed by atoms with Crippen molar-refractivity contribution in [3.05, 3.63) is 0 Å². The zero-order valence-electron chi connectivity index (χ0n) is 7.36. The van der Waals surface area contributed by atoms with Gasteiger partial charge in [-0.3, -0.25) is 14.5 Å². The molecule has 1 heterocycles. The van der Waals surface area contributed by atoms with Crippen LogP contribution in [0.1, 0.15) is 0 Å². The van der Waals surface area contributed by atoms with E-state index in [1.54, 1.807) is 11.8 Å². The Kier molecular flexibility index (Phi) is 6.04. The highest BCUT2D eigenvalue weighted by Crippen LogP contribution is 1.86. The maximum Gasteiger partial charge on any atom is 0.304 e. The minimum Gasteiger partial charge on any atom is -0.726 e. The van der Waals surface area contributed by atoms with E-state index < -0.39 is 10.4 Å². The maximum absolute atomic E-state index is 9.22. The fourth-order valence-electron chi connectivity index (χ4n) is 0.559. The molecule has 1 aliphatic heterocycles. The second-order valence-electron chi connectivity index (χ2n) is 1.96. The Morgan fingerprint density at radius 3 is 2.38 bits per heavy atom. The number of hydrogen-bond donors (Lipinski definition) is 2. The van der Waals surface area contributed by atoms with Crippen LogP contribution in [0.25, 0.3) is 0 Å². The van der Waals surface area contributed by atoms with Crippen molar-refractivity contribution in [2.24, 2.45) is 0 Å². The number of thioether (sulfide) groups is 1. The van der Waals surface area contributed by atoms with Crippen molar-refractivity contribution in [3.63, 3.8) is 0 Å². The third-order valence-electron chi connectivity index (χ3n) is 1.10. The van der Waals surface area contributed by atoms with E-state index in [4.69, 9.17) is 0 Å². The van der Waals surface area contributed by atoms with Gasteiger partial charge in [0.15, 0.2) is 0 Å². The van der Waals surface area contributed by atoms with Gasteiger partial charge in [0, 0.05) is 0 Å². The van der Waals surface area contributed by atoms with Crippen molar-refractivity contribution in [1.82, 2.24) is 5.32 Å². The summed E-state index contributed by atoms with van der Waals surface area (Å²) in [5.74, 6) is 0. The van der Waals surface area contributed by atoms with Crippen LogP contribution in [0.3, 0.4) is 0 Å². The molecule has 0 unspecified atom stereocenters. The van der Waals surface area contributed by atoms with E-state index in [0.29, 0.717) is 0 Å². The van der Waals surface area contributed by atoms with E-state index in [1.807, 2.05) is 0 Å². The van der Waals surface area contributed by atoms with Crippen LogP contribution in [0.2, 0.25) is 0 Å². The fraction of sp³-hybridized carbons (Fsp3) is 0.800. The summed E-state index contributed by atoms with van der Waals surface area (Å²) in [5, 5.41) is 4.38. The Morgan fingerprint density at radius 2 is 2.23 bits per heavy atom. The first-order chi connectivity index (χ1) is 5.99. The molecule has 0 aromatic heterocycles.